The number of hydrogen-bond acceptors (Lipinski definition) is 5. The van der Waals surface area contributed by atoms with Crippen molar-refractivity contribution < 1.29 is 9.47 Å². The fourth-order valence-corrected chi connectivity index (χ4v) is 2.76. The molecule has 3 rings (SSSR count). The van der Waals surface area contributed by atoms with Crippen molar-refractivity contribution in [2.45, 2.75) is 20.4 Å². The minimum Gasteiger partial charge on any atom is -0.497 e. The van der Waals surface area contributed by atoms with Crippen LogP contribution < -0.4 is 15.2 Å². The van der Waals surface area contributed by atoms with Gasteiger partial charge in [0, 0.05) is 17.3 Å². The molecule has 2 N–H and O–H groups in total. The van der Waals surface area contributed by atoms with Crippen LogP contribution in [-0.2, 0) is 6.54 Å². The molecule has 120 valence electrons. The first kappa shape index (κ1) is 15.1. The number of anilines is 1. The SMILES string of the molecule is COc1ccc(Cn2c(N)nc3c(C)nc(C)cc32)c(OC)c1. The molecule has 23 heavy (non-hydrogen) atoms. The van der Waals surface area contributed by atoms with Crippen molar-refractivity contribution in [3.63, 3.8) is 0 Å². The molecule has 0 saturated carbocycles. The van der Waals surface area contributed by atoms with Gasteiger partial charge in [-0.05, 0) is 32.0 Å². The van der Waals surface area contributed by atoms with Crippen LogP contribution in [0.15, 0.2) is 24.3 Å². The number of imidazole rings is 1. The number of nitrogens with two attached hydrogens (primary N) is 1. The van der Waals surface area contributed by atoms with Crippen molar-refractivity contribution in [1.29, 1.82) is 0 Å². The molecule has 3 aromatic rings. The van der Waals surface area contributed by atoms with Gasteiger partial charge >= 0.3 is 0 Å². The molecule has 0 bridgehead atoms. The quantitative estimate of drug-likeness (QED) is 0.801. The van der Waals surface area contributed by atoms with Gasteiger partial charge < -0.3 is 19.8 Å². The van der Waals surface area contributed by atoms with Crippen LogP contribution in [0.2, 0.25) is 0 Å². The molecule has 6 heteroatoms. The average Bonchev–Trinajstić information content (AvgIpc) is 2.84. The smallest absolute Gasteiger partial charge is 0.201 e. The number of aryl methyl sites for hydroxylation is 2. The Kier molecular flexibility index (Phi) is 3.82. The minimum absolute atomic E-state index is 0.466. The summed E-state index contributed by atoms with van der Waals surface area (Å²) in [4.78, 5) is 8.90. The lowest BCUT2D eigenvalue weighted by Crippen LogP contribution is -2.06. The highest BCUT2D eigenvalue weighted by Crippen LogP contribution is 2.28. The second kappa shape index (κ2) is 5.79. The van der Waals surface area contributed by atoms with Crippen molar-refractivity contribution in [2.24, 2.45) is 0 Å². The number of hydrogen-bond donors (Lipinski definition) is 1. The van der Waals surface area contributed by atoms with Crippen LogP contribution >= 0.6 is 0 Å². The first-order valence-electron chi connectivity index (χ1n) is 7.34. The van der Waals surface area contributed by atoms with E-state index in [0.29, 0.717) is 12.5 Å². The van der Waals surface area contributed by atoms with Gasteiger partial charge in [0.2, 0.25) is 5.95 Å². The van der Waals surface area contributed by atoms with E-state index in [1.54, 1.807) is 14.2 Å². The monoisotopic (exact) mass is 312 g/mol. The zero-order valence-corrected chi connectivity index (χ0v) is 13.8. The van der Waals surface area contributed by atoms with Crippen molar-refractivity contribution >= 4 is 17.0 Å². The normalized spacial score (nSPS) is 11.0. The molecule has 0 amide bonds. The Morgan fingerprint density at radius 2 is 1.87 bits per heavy atom. The third kappa shape index (κ3) is 2.67. The summed E-state index contributed by atoms with van der Waals surface area (Å²) in [6.07, 6.45) is 0. The molecule has 0 aliphatic heterocycles. The Balaban J connectivity index is 2.10. The zero-order chi connectivity index (χ0) is 16.6. The number of benzene rings is 1. The van der Waals surface area contributed by atoms with Crippen LogP contribution in [0.5, 0.6) is 11.5 Å². The average molecular weight is 312 g/mol. The third-order valence-electron chi connectivity index (χ3n) is 3.89. The lowest BCUT2D eigenvalue weighted by Gasteiger charge is -2.12. The third-order valence-corrected chi connectivity index (χ3v) is 3.89. The van der Waals surface area contributed by atoms with Crippen LogP contribution in [0.3, 0.4) is 0 Å². The molecule has 0 atom stereocenters. The molecule has 1 aromatic carbocycles. The fraction of sp³-hybridized carbons (Fsp3) is 0.294. The predicted octanol–water partition coefficient (Wildman–Crippen LogP) is 2.70. The molecule has 0 aliphatic rings. The number of rotatable bonds is 4. The van der Waals surface area contributed by atoms with Crippen molar-refractivity contribution in [2.75, 3.05) is 20.0 Å². The summed E-state index contributed by atoms with van der Waals surface area (Å²) < 4.78 is 12.7. The van der Waals surface area contributed by atoms with Gasteiger partial charge in [0.05, 0.1) is 32.0 Å². The number of ether oxygens (including phenoxy) is 2. The van der Waals surface area contributed by atoms with Crippen LogP contribution in [0.25, 0.3) is 11.0 Å². The van der Waals surface area contributed by atoms with E-state index in [4.69, 9.17) is 15.2 Å². The molecule has 2 heterocycles. The minimum atomic E-state index is 0.466. The largest absolute Gasteiger partial charge is 0.497 e. The lowest BCUT2D eigenvalue weighted by atomic mass is 10.2. The Morgan fingerprint density at radius 3 is 2.57 bits per heavy atom. The van der Waals surface area contributed by atoms with Crippen LogP contribution in [0, 0.1) is 13.8 Å². The first-order valence-corrected chi connectivity index (χ1v) is 7.34. The molecule has 6 nitrogen and oxygen atoms in total. The summed E-state index contributed by atoms with van der Waals surface area (Å²) in [5.41, 5.74) is 10.8. The molecule has 0 unspecified atom stereocenters. The number of pyridine rings is 1. The van der Waals surface area contributed by atoms with E-state index in [-0.39, 0.29) is 0 Å². The Hall–Kier alpha value is -2.76. The lowest BCUT2D eigenvalue weighted by molar-refractivity contribution is 0.390. The maximum Gasteiger partial charge on any atom is 0.201 e. The topological polar surface area (TPSA) is 75.2 Å². The highest BCUT2D eigenvalue weighted by Gasteiger charge is 2.14. The summed E-state index contributed by atoms with van der Waals surface area (Å²) in [6, 6.07) is 7.75. The van der Waals surface area contributed by atoms with Gasteiger partial charge in [0.1, 0.15) is 17.0 Å². The van der Waals surface area contributed by atoms with E-state index in [9.17, 15) is 0 Å². The summed E-state index contributed by atoms with van der Waals surface area (Å²) in [5, 5.41) is 0. The van der Waals surface area contributed by atoms with Crippen LogP contribution in [0.4, 0.5) is 5.95 Å². The van der Waals surface area contributed by atoms with E-state index < -0.39 is 0 Å². The molecule has 0 spiro atoms. The highest BCUT2D eigenvalue weighted by molar-refractivity contribution is 5.80. The van der Waals surface area contributed by atoms with Crippen LogP contribution in [-0.4, -0.2) is 28.8 Å². The number of aromatic nitrogens is 3. The Labute approximate surface area is 134 Å². The van der Waals surface area contributed by atoms with Gasteiger partial charge in [-0.25, -0.2) is 4.98 Å². The maximum absolute atomic E-state index is 6.13. The number of nitrogen functional groups attached to an aromatic ring is 1. The summed E-state index contributed by atoms with van der Waals surface area (Å²) in [6.45, 7) is 4.48. The van der Waals surface area contributed by atoms with E-state index in [0.717, 1.165) is 39.5 Å². The van der Waals surface area contributed by atoms with Crippen molar-refractivity contribution in [1.82, 2.24) is 14.5 Å². The van der Waals surface area contributed by atoms with E-state index >= 15 is 0 Å². The zero-order valence-electron chi connectivity index (χ0n) is 13.8. The maximum atomic E-state index is 6.13. The highest BCUT2D eigenvalue weighted by atomic mass is 16.5. The number of nitrogens with zero attached hydrogens (tertiary/aromatic N) is 3. The second-order valence-corrected chi connectivity index (χ2v) is 5.45. The molecular formula is C17H20N4O2. The molecule has 2 aromatic heterocycles. The summed E-state index contributed by atoms with van der Waals surface area (Å²) >= 11 is 0. The van der Waals surface area contributed by atoms with Crippen molar-refractivity contribution in [3.05, 3.63) is 41.2 Å². The summed E-state index contributed by atoms with van der Waals surface area (Å²) in [7, 11) is 3.28. The molecule has 0 fully saturated rings. The first-order chi connectivity index (χ1) is 11.0. The van der Waals surface area contributed by atoms with E-state index in [1.807, 2.05) is 42.7 Å². The van der Waals surface area contributed by atoms with E-state index in [1.165, 1.54) is 0 Å². The second-order valence-electron chi connectivity index (χ2n) is 5.45. The van der Waals surface area contributed by atoms with Gasteiger partial charge in [0.25, 0.3) is 0 Å². The predicted molar refractivity (Wildman–Crippen MR) is 90.1 cm³/mol. The fourth-order valence-electron chi connectivity index (χ4n) is 2.76. The van der Waals surface area contributed by atoms with E-state index in [2.05, 4.69) is 9.97 Å². The van der Waals surface area contributed by atoms with Crippen LogP contribution in [0.1, 0.15) is 17.0 Å². The Morgan fingerprint density at radius 1 is 1.09 bits per heavy atom. The van der Waals surface area contributed by atoms with Gasteiger partial charge in [-0.2, -0.15) is 0 Å². The molecular weight excluding hydrogens is 292 g/mol. The number of fused-ring (bicyclic) bond motifs is 1. The van der Waals surface area contributed by atoms with Crippen molar-refractivity contribution in [3.8, 4) is 11.5 Å². The molecule has 0 radical (unpaired) electrons. The van der Waals surface area contributed by atoms with Gasteiger partial charge in [-0.15, -0.1) is 0 Å². The molecule has 0 aliphatic carbocycles. The standard InChI is InChI=1S/C17H20N4O2/c1-10-7-14-16(11(2)19-10)20-17(18)21(14)9-12-5-6-13(22-3)8-15(12)23-4/h5-8H,9H2,1-4H3,(H2,18,20). The molecule has 0 saturated heterocycles. The Bertz CT molecular complexity index is 871. The van der Waals surface area contributed by atoms with Gasteiger partial charge in [-0.3, -0.25) is 4.98 Å². The number of methoxy groups -OCH3 is 2. The van der Waals surface area contributed by atoms with Gasteiger partial charge in [-0.1, -0.05) is 0 Å². The summed E-state index contributed by atoms with van der Waals surface area (Å²) in [5.74, 6) is 1.98. The van der Waals surface area contributed by atoms with Gasteiger partial charge in [0.15, 0.2) is 0 Å².